The summed E-state index contributed by atoms with van der Waals surface area (Å²) in [5, 5.41) is 1.82. The summed E-state index contributed by atoms with van der Waals surface area (Å²) in [7, 11) is 0. The summed E-state index contributed by atoms with van der Waals surface area (Å²) in [6, 6.07) is 6.62. The number of halogens is 2. The van der Waals surface area contributed by atoms with Gasteiger partial charge in [-0.3, -0.25) is 0 Å². The minimum atomic E-state index is -0.236. The molecule has 0 unspecified atom stereocenters. The first-order chi connectivity index (χ1) is 6.27. The number of hydrogen-bond acceptors (Lipinski definition) is 2. The molecule has 2 aromatic rings. The van der Waals surface area contributed by atoms with Crippen molar-refractivity contribution in [2.75, 3.05) is 0 Å². The Kier molecular flexibility index (Phi) is 2.42. The molecule has 0 aliphatic carbocycles. The molecule has 0 saturated carbocycles. The minimum Gasteiger partial charge on any atom is -0.229 e. The van der Waals surface area contributed by atoms with Gasteiger partial charge in [-0.1, -0.05) is 12.1 Å². The van der Waals surface area contributed by atoms with Crippen molar-refractivity contribution in [2.45, 2.75) is 0 Å². The van der Waals surface area contributed by atoms with Crippen molar-refractivity contribution in [1.29, 1.82) is 0 Å². The molecule has 4 heteroatoms. The second-order valence-electron chi connectivity index (χ2n) is 2.47. The van der Waals surface area contributed by atoms with Gasteiger partial charge in [0.15, 0.2) is 3.92 Å². The van der Waals surface area contributed by atoms with E-state index in [-0.39, 0.29) is 5.82 Å². The normalized spacial score (nSPS) is 10.3. The summed E-state index contributed by atoms with van der Waals surface area (Å²) in [5.74, 6) is -0.236. The van der Waals surface area contributed by atoms with E-state index in [1.54, 1.807) is 18.2 Å². The zero-order chi connectivity index (χ0) is 9.26. The van der Waals surface area contributed by atoms with Crippen molar-refractivity contribution >= 4 is 27.3 Å². The van der Waals surface area contributed by atoms with Crippen molar-refractivity contribution in [3.05, 3.63) is 39.4 Å². The van der Waals surface area contributed by atoms with Gasteiger partial charge in [0.2, 0.25) is 0 Å². The van der Waals surface area contributed by atoms with Crippen molar-refractivity contribution in [1.82, 2.24) is 4.98 Å². The smallest absolute Gasteiger partial charge is 0.159 e. The second kappa shape index (κ2) is 3.55. The summed E-state index contributed by atoms with van der Waals surface area (Å²) >= 11 is 4.69. The molecule has 0 bridgehead atoms. The molecule has 0 radical (unpaired) electrons. The van der Waals surface area contributed by atoms with E-state index in [0.29, 0.717) is 11.3 Å². The molecule has 2 rings (SSSR count). The van der Waals surface area contributed by atoms with Gasteiger partial charge in [0, 0.05) is 10.9 Å². The molecule has 0 atom stereocenters. The summed E-state index contributed by atoms with van der Waals surface area (Å²) in [6.07, 6.45) is 0. The van der Waals surface area contributed by atoms with Gasteiger partial charge in [-0.15, -0.1) is 11.3 Å². The van der Waals surface area contributed by atoms with Crippen LogP contribution in [0.25, 0.3) is 11.3 Å². The van der Waals surface area contributed by atoms with Gasteiger partial charge in [-0.05, 0) is 28.1 Å². The van der Waals surface area contributed by atoms with Crippen LogP contribution >= 0.6 is 27.3 Å². The average molecular weight is 258 g/mol. The fourth-order valence-corrected chi connectivity index (χ4v) is 2.06. The molecule has 1 aromatic carbocycles. The van der Waals surface area contributed by atoms with Crippen molar-refractivity contribution < 1.29 is 4.39 Å². The molecule has 1 heterocycles. The number of nitrogens with zero attached hydrogens (tertiary/aromatic N) is 1. The molecule has 66 valence electrons. The summed E-state index contributed by atoms with van der Waals surface area (Å²) in [4.78, 5) is 4.14. The van der Waals surface area contributed by atoms with E-state index in [1.165, 1.54) is 17.4 Å². The summed E-state index contributed by atoms with van der Waals surface area (Å²) in [5.41, 5.74) is 1.22. The molecule has 13 heavy (non-hydrogen) atoms. The maximum Gasteiger partial charge on any atom is 0.159 e. The Morgan fingerprint density at radius 3 is 2.69 bits per heavy atom. The Morgan fingerprint density at radius 1 is 1.31 bits per heavy atom. The molecular weight excluding hydrogens is 253 g/mol. The lowest BCUT2D eigenvalue weighted by Gasteiger charge is -1.96. The standard InChI is InChI=1S/C9H5BrFNS/c10-9-12-8(5-13-9)6-3-1-2-4-7(6)11/h1-5H. The van der Waals surface area contributed by atoms with E-state index in [2.05, 4.69) is 20.9 Å². The zero-order valence-corrected chi connectivity index (χ0v) is 8.90. The van der Waals surface area contributed by atoms with Crippen molar-refractivity contribution in [2.24, 2.45) is 0 Å². The van der Waals surface area contributed by atoms with Crippen LogP contribution < -0.4 is 0 Å². The number of rotatable bonds is 1. The Morgan fingerprint density at radius 2 is 2.08 bits per heavy atom. The lowest BCUT2D eigenvalue weighted by molar-refractivity contribution is 0.631. The largest absolute Gasteiger partial charge is 0.229 e. The molecule has 0 spiro atoms. The van der Waals surface area contributed by atoms with Crippen LogP contribution in [-0.2, 0) is 0 Å². The van der Waals surface area contributed by atoms with Crippen LogP contribution in [0.3, 0.4) is 0 Å². The molecule has 0 aliphatic heterocycles. The first-order valence-corrected chi connectivity index (χ1v) is 5.30. The summed E-state index contributed by atoms with van der Waals surface area (Å²) in [6.45, 7) is 0. The van der Waals surface area contributed by atoms with Gasteiger partial charge < -0.3 is 0 Å². The van der Waals surface area contributed by atoms with E-state index in [9.17, 15) is 4.39 Å². The Bertz CT molecular complexity index is 427. The molecular formula is C9H5BrFNS. The Labute approximate surface area is 87.4 Å². The highest BCUT2D eigenvalue weighted by molar-refractivity contribution is 9.11. The highest BCUT2D eigenvalue weighted by atomic mass is 79.9. The summed E-state index contributed by atoms with van der Waals surface area (Å²) < 4.78 is 14.0. The fraction of sp³-hybridized carbons (Fsp3) is 0. The van der Waals surface area contributed by atoms with Crippen LogP contribution in [0.4, 0.5) is 4.39 Å². The first-order valence-electron chi connectivity index (χ1n) is 3.63. The highest BCUT2D eigenvalue weighted by Gasteiger charge is 2.06. The van der Waals surface area contributed by atoms with Crippen LogP contribution in [0.1, 0.15) is 0 Å². The Balaban J connectivity index is 2.52. The van der Waals surface area contributed by atoms with E-state index < -0.39 is 0 Å². The van der Waals surface area contributed by atoms with Gasteiger partial charge in [0.1, 0.15) is 5.82 Å². The van der Waals surface area contributed by atoms with Crippen LogP contribution in [0.2, 0.25) is 0 Å². The lowest BCUT2D eigenvalue weighted by atomic mass is 10.2. The SMILES string of the molecule is Fc1ccccc1-c1csc(Br)n1. The molecule has 0 amide bonds. The topological polar surface area (TPSA) is 12.9 Å². The number of hydrogen-bond donors (Lipinski definition) is 0. The van der Waals surface area contributed by atoms with Gasteiger partial charge in [0.25, 0.3) is 0 Å². The molecule has 1 aromatic heterocycles. The monoisotopic (exact) mass is 257 g/mol. The van der Waals surface area contributed by atoms with Crippen LogP contribution in [0.5, 0.6) is 0 Å². The maximum absolute atomic E-state index is 13.2. The van der Waals surface area contributed by atoms with Gasteiger partial charge in [-0.25, -0.2) is 9.37 Å². The molecule has 1 nitrogen and oxygen atoms in total. The average Bonchev–Trinajstić information content (AvgIpc) is 2.53. The number of thiazole rings is 1. The van der Waals surface area contributed by atoms with E-state index in [4.69, 9.17) is 0 Å². The minimum absolute atomic E-state index is 0.236. The second-order valence-corrected chi connectivity index (χ2v) is 4.60. The Hall–Kier alpha value is -0.740. The van der Waals surface area contributed by atoms with Crippen molar-refractivity contribution in [3.8, 4) is 11.3 Å². The van der Waals surface area contributed by atoms with Gasteiger partial charge >= 0.3 is 0 Å². The van der Waals surface area contributed by atoms with Crippen LogP contribution in [0.15, 0.2) is 33.6 Å². The van der Waals surface area contributed by atoms with Gasteiger partial charge in [-0.2, -0.15) is 0 Å². The third-order valence-electron chi connectivity index (χ3n) is 1.63. The predicted molar refractivity (Wildman–Crippen MR) is 55.2 cm³/mol. The van der Waals surface area contributed by atoms with E-state index in [1.807, 2.05) is 5.38 Å². The molecule has 0 saturated heterocycles. The quantitative estimate of drug-likeness (QED) is 0.759. The third kappa shape index (κ3) is 1.78. The number of aromatic nitrogens is 1. The lowest BCUT2D eigenvalue weighted by Crippen LogP contribution is -1.82. The maximum atomic E-state index is 13.2. The van der Waals surface area contributed by atoms with E-state index >= 15 is 0 Å². The number of benzene rings is 1. The third-order valence-corrected chi connectivity index (χ3v) is 2.99. The zero-order valence-electron chi connectivity index (χ0n) is 6.50. The predicted octanol–water partition coefficient (Wildman–Crippen LogP) is 3.71. The molecule has 0 aliphatic rings. The molecule has 0 N–H and O–H groups in total. The van der Waals surface area contributed by atoms with Crippen LogP contribution in [0, 0.1) is 5.82 Å². The highest BCUT2D eigenvalue weighted by Crippen LogP contribution is 2.26. The van der Waals surface area contributed by atoms with Gasteiger partial charge in [0.05, 0.1) is 5.69 Å². The van der Waals surface area contributed by atoms with Crippen LogP contribution in [-0.4, -0.2) is 4.98 Å². The van der Waals surface area contributed by atoms with Crippen molar-refractivity contribution in [3.63, 3.8) is 0 Å². The fourth-order valence-electron chi connectivity index (χ4n) is 1.04. The molecule has 0 fully saturated rings. The van der Waals surface area contributed by atoms with E-state index in [0.717, 1.165) is 3.92 Å². The first kappa shape index (κ1) is 8.84.